The van der Waals surface area contributed by atoms with Crippen LogP contribution in [-0.4, -0.2) is 52.7 Å². The van der Waals surface area contributed by atoms with Crippen LogP contribution in [0.4, 0.5) is 0 Å². The number of rotatable bonds is 5. The van der Waals surface area contributed by atoms with Gasteiger partial charge in [-0.05, 0) is 38.2 Å². The Morgan fingerprint density at radius 1 is 1.29 bits per heavy atom. The van der Waals surface area contributed by atoms with Crippen molar-refractivity contribution in [2.24, 2.45) is 13.0 Å². The lowest BCUT2D eigenvalue weighted by Crippen LogP contribution is -2.65. The van der Waals surface area contributed by atoms with Crippen LogP contribution in [-0.2, 0) is 23.1 Å². The molecule has 24 heavy (non-hydrogen) atoms. The van der Waals surface area contributed by atoms with E-state index in [9.17, 15) is 0 Å². The van der Waals surface area contributed by atoms with Crippen molar-refractivity contribution in [2.45, 2.75) is 63.7 Å². The Bertz CT molecular complexity index is 559. The fourth-order valence-corrected chi connectivity index (χ4v) is 4.72. The molecule has 1 saturated carbocycles. The first-order valence-electron chi connectivity index (χ1n) is 9.59. The summed E-state index contributed by atoms with van der Waals surface area (Å²) in [5.74, 6) is 0.815. The number of hydrogen-bond donors (Lipinski definition) is 0. The molecule has 5 heteroatoms. The lowest BCUT2D eigenvalue weighted by molar-refractivity contribution is -0.200. The molecule has 3 heterocycles. The first kappa shape index (κ1) is 16.6. The highest BCUT2D eigenvalue weighted by Crippen LogP contribution is 2.36. The number of likely N-dealkylation sites (tertiary alicyclic amines) is 1. The van der Waals surface area contributed by atoms with Gasteiger partial charge < -0.3 is 9.47 Å². The summed E-state index contributed by atoms with van der Waals surface area (Å²) in [5.41, 5.74) is 2.43. The molecule has 1 aromatic rings. The van der Waals surface area contributed by atoms with Crippen molar-refractivity contribution < 1.29 is 9.47 Å². The standard InChI is InChI=1S/C19H31N3O2/c1-15-9-17(21(2)20-15)11-22-13-19(14-22)10-18(7-8-24-19)23-12-16-5-3-4-6-16/h9,16,18H,3-8,10-14H2,1-2H3/t18-/m1/s1. The molecule has 0 N–H and O–H groups in total. The van der Waals surface area contributed by atoms with Crippen LogP contribution in [0.5, 0.6) is 0 Å². The molecule has 1 aromatic heterocycles. The molecule has 2 aliphatic heterocycles. The zero-order valence-corrected chi connectivity index (χ0v) is 15.2. The Morgan fingerprint density at radius 3 is 2.79 bits per heavy atom. The lowest BCUT2D eigenvalue weighted by Gasteiger charge is -2.53. The molecule has 0 amide bonds. The van der Waals surface area contributed by atoms with Crippen LogP contribution in [0.15, 0.2) is 6.07 Å². The van der Waals surface area contributed by atoms with Crippen LogP contribution < -0.4 is 0 Å². The van der Waals surface area contributed by atoms with Gasteiger partial charge in [0.15, 0.2) is 0 Å². The molecule has 134 valence electrons. The maximum atomic E-state index is 6.26. The molecule has 4 rings (SSSR count). The number of aromatic nitrogens is 2. The number of nitrogens with zero attached hydrogens (tertiary/aromatic N) is 3. The Kier molecular flexibility index (Phi) is 4.67. The van der Waals surface area contributed by atoms with Crippen molar-refractivity contribution in [3.05, 3.63) is 17.5 Å². The van der Waals surface area contributed by atoms with Crippen LogP contribution in [0.1, 0.15) is 49.9 Å². The van der Waals surface area contributed by atoms with Gasteiger partial charge >= 0.3 is 0 Å². The minimum atomic E-state index is 0.0478. The van der Waals surface area contributed by atoms with E-state index in [1.807, 2.05) is 11.7 Å². The van der Waals surface area contributed by atoms with E-state index in [1.54, 1.807) is 0 Å². The van der Waals surface area contributed by atoms with E-state index in [0.717, 1.165) is 57.3 Å². The highest BCUT2D eigenvalue weighted by Gasteiger charge is 2.47. The monoisotopic (exact) mass is 333 g/mol. The summed E-state index contributed by atoms with van der Waals surface area (Å²) in [6, 6.07) is 2.18. The Labute approximate surface area is 145 Å². The van der Waals surface area contributed by atoms with Crippen molar-refractivity contribution in [2.75, 3.05) is 26.3 Å². The van der Waals surface area contributed by atoms with Crippen molar-refractivity contribution in [3.63, 3.8) is 0 Å². The summed E-state index contributed by atoms with van der Waals surface area (Å²) in [5, 5.41) is 4.44. The number of hydrogen-bond acceptors (Lipinski definition) is 4. The van der Waals surface area contributed by atoms with Gasteiger partial charge in [0.25, 0.3) is 0 Å². The van der Waals surface area contributed by atoms with Gasteiger partial charge in [0.1, 0.15) is 0 Å². The van der Waals surface area contributed by atoms with Gasteiger partial charge in [-0.25, -0.2) is 0 Å². The van der Waals surface area contributed by atoms with Crippen LogP contribution >= 0.6 is 0 Å². The lowest BCUT2D eigenvalue weighted by atomic mass is 9.84. The second kappa shape index (κ2) is 6.77. The molecular formula is C19H31N3O2. The van der Waals surface area contributed by atoms with E-state index >= 15 is 0 Å². The first-order valence-corrected chi connectivity index (χ1v) is 9.59. The molecule has 2 saturated heterocycles. The highest BCUT2D eigenvalue weighted by atomic mass is 16.5. The predicted octanol–water partition coefficient (Wildman–Crippen LogP) is 2.67. The van der Waals surface area contributed by atoms with Crippen molar-refractivity contribution in [1.29, 1.82) is 0 Å². The quantitative estimate of drug-likeness (QED) is 0.830. The summed E-state index contributed by atoms with van der Waals surface area (Å²) in [6.45, 7) is 6.90. The molecule has 0 aromatic carbocycles. The maximum Gasteiger partial charge on any atom is 0.0959 e. The molecule has 3 aliphatic rings. The van der Waals surface area contributed by atoms with Crippen LogP contribution in [0.3, 0.4) is 0 Å². The summed E-state index contributed by atoms with van der Waals surface area (Å²) in [7, 11) is 2.03. The third kappa shape index (κ3) is 3.53. The summed E-state index contributed by atoms with van der Waals surface area (Å²) < 4.78 is 14.4. The van der Waals surface area contributed by atoms with Gasteiger partial charge in [-0.3, -0.25) is 9.58 Å². The largest absolute Gasteiger partial charge is 0.378 e. The van der Waals surface area contributed by atoms with Gasteiger partial charge in [-0.15, -0.1) is 0 Å². The van der Waals surface area contributed by atoms with Crippen LogP contribution in [0, 0.1) is 12.8 Å². The first-order chi connectivity index (χ1) is 11.6. The summed E-state index contributed by atoms with van der Waals surface area (Å²) >= 11 is 0. The average molecular weight is 333 g/mol. The summed E-state index contributed by atoms with van der Waals surface area (Å²) in [4.78, 5) is 2.47. The van der Waals surface area contributed by atoms with E-state index in [2.05, 4.69) is 23.0 Å². The molecule has 1 atom stereocenters. The number of ether oxygens (including phenoxy) is 2. The zero-order chi connectivity index (χ0) is 16.6. The Hall–Kier alpha value is -0.910. The smallest absolute Gasteiger partial charge is 0.0959 e. The maximum absolute atomic E-state index is 6.26. The Balaban J connectivity index is 1.25. The minimum absolute atomic E-state index is 0.0478. The van der Waals surface area contributed by atoms with Gasteiger partial charge in [0.05, 0.1) is 23.1 Å². The van der Waals surface area contributed by atoms with Crippen LogP contribution in [0.2, 0.25) is 0 Å². The van der Waals surface area contributed by atoms with Crippen molar-refractivity contribution in [1.82, 2.24) is 14.7 Å². The SMILES string of the molecule is Cc1cc(CN2CC3(C[C@H](OCC4CCCC4)CCO3)C2)n(C)n1. The van der Waals surface area contributed by atoms with E-state index in [4.69, 9.17) is 9.47 Å². The van der Waals surface area contributed by atoms with Crippen molar-refractivity contribution >= 4 is 0 Å². The predicted molar refractivity (Wildman–Crippen MR) is 92.8 cm³/mol. The topological polar surface area (TPSA) is 39.5 Å². The average Bonchev–Trinajstić information content (AvgIpc) is 3.14. The van der Waals surface area contributed by atoms with E-state index in [0.29, 0.717) is 6.10 Å². The van der Waals surface area contributed by atoms with E-state index in [-0.39, 0.29) is 5.60 Å². The van der Waals surface area contributed by atoms with E-state index in [1.165, 1.54) is 31.4 Å². The molecule has 0 radical (unpaired) electrons. The van der Waals surface area contributed by atoms with Crippen LogP contribution in [0.25, 0.3) is 0 Å². The molecule has 3 fully saturated rings. The molecule has 0 bridgehead atoms. The van der Waals surface area contributed by atoms with Gasteiger partial charge in [-0.2, -0.15) is 5.10 Å². The van der Waals surface area contributed by atoms with Gasteiger partial charge in [-0.1, -0.05) is 12.8 Å². The molecule has 0 unspecified atom stereocenters. The number of aryl methyl sites for hydroxylation is 2. The van der Waals surface area contributed by atoms with Gasteiger partial charge in [0, 0.05) is 46.3 Å². The molecule has 1 spiro atoms. The fourth-order valence-electron chi connectivity index (χ4n) is 4.72. The minimum Gasteiger partial charge on any atom is -0.378 e. The van der Waals surface area contributed by atoms with Gasteiger partial charge in [0.2, 0.25) is 0 Å². The molecular weight excluding hydrogens is 302 g/mol. The Morgan fingerprint density at radius 2 is 2.08 bits per heavy atom. The second-order valence-corrected chi connectivity index (χ2v) is 8.18. The summed E-state index contributed by atoms with van der Waals surface area (Å²) in [6.07, 6.45) is 8.07. The molecule has 5 nitrogen and oxygen atoms in total. The second-order valence-electron chi connectivity index (χ2n) is 8.18. The zero-order valence-electron chi connectivity index (χ0n) is 15.2. The third-order valence-electron chi connectivity index (χ3n) is 6.00. The van der Waals surface area contributed by atoms with Crippen molar-refractivity contribution in [3.8, 4) is 0 Å². The highest BCUT2D eigenvalue weighted by molar-refractivity contribution is 5.11. The fraction of sp³-hybridized carbons (Fsp3) is 0.842. The van der Waals surface area contributed by atoms with E-state index < -0.39 is 0 Å². The molecule has 1 aliphatic carbocycles. The third-order valence-corrected chi connectivity index (χ3v) is 6.00. The normalized spacial score (nSPS) is 27.7.